The second kappa shape index (κ2) is 9.57. The molecule has 1 heterocycles. The maximum absolute atomic E-state index is 13.1. The van der Waals surface area contributed by atoms with Gasteiger partial charge in [0.05, 0.1) is 10.5 Å². The largest absolute Gasteiger partial charge is 0.371 e. The Kier molecular flexibility index (Phi) is 7.10. The van der Waals surface area contributed by atoms with Crippen LogP contribution >= 0.6 is 0 Å². The van der Waals surface area contributed by atoms with Gasteiger partial charge in [0.2, 0.25) is 10.0 Å². The van der Waals surface area contributed by atoms with Crippen molar-refractivity contribution in [2.75, 3.05) is 31.1 Å². The number of nitrogens with zero attached hydrogens (tertiary/aromatic N) is 2. The molecule has 8 heteroatoms. The summed E-state index contributed by atoms with van der Waals surface area (Å²) in [6.45, 7) is 6.19. The van der Waals surface area contributed by atoms with Crippen LogP contribution in [0.3, 0.4) is 0 Å². The normalized spacial score (nSPS) is 14.3. The van der Waals surface area contributed by atoms with E-state index in [1.165, 1.54) is 22.5 Å². The lowest BCUT2D eigenvalue weighted by Crippen LogP contribution is -2.32. The number of benzene rings is 2. The molecule has 30 heavy (non-hydrogen) atoms. The summed E-state index contributed by atoms with van der Waals surface area (Å²) >= 11 is 0. The van der Waals surface area contributed by atoms with Gasteiger partial charge in [0, 0.05) is 38.4 Å². The third-order valence-corrected chi connectivity index (χ3v) is 7.41. The number of sulfonamides is 1. The molecule has 3 rings (SSSR count). The molecule has 1 amide bonds. The molecule has 1 aliphatic heterocycles. The Bertz CT molecular complexity index is 983. The van der Waals surface area contributed by atoms with E-state index >= 15 is 0 Å². The van der Waals surface area contributed by atoms with Crippen molar-refractivity contribution < 1.29 is 17.6 Å². The standard InChI is InChI=1S/C22H28FN3O3S/c1-3-26(4-2)30(28,29)19-11-12-21(25-13-5-6-14-25)20(15-19)22(27)24-16-17-7-9-18(23)10-8-17/h7-12,15H,3-6,13-14,16H2,1-2H3,(H,24,27). The number of hydrogen-bond acceptors (Lipinski definition) is 4. The highest BCUT2D eigenvalue weighted by Crippen LogP contribution is 2.28. The lowest BCUT2D eigenvalue weighted by Gasteiger charge is -2.23. The van der Waals surface area contributed by atoms with Gasteiger partial charge in [0.25, 0.3) is 5.91 Å². The van der Waals surface area contributed by atoms with Crippen molar-refractivity contribution >= 4 is 21.6 Å². The lowest BCUT2D eigenvalue weighted by atomic mass is 10.1. The molecule has 0 radical (unpaired) electrons. The van der Waals surface area contributed by atoms with E-state index < -0.39 is 10.0 Å². The van der Waals surface area contributed by atoms with Crippen LogP contribution in [0.4, 0.5) is 10.1 Å². The number of halogens is 1. The van der Waals surface area contributed by atoms with Gasteiger partial charge in [-0.25, -0.2) is 12.8 Å². The van der Waals surface area contributed by atoms with Gasteiger partial charge in [-0.15, -0.1) is 0 Å². The minimum atomic E-state index is -3.68. The second-order valence-electron chi connectivity index (χ2n) is 7.27. The topological polar surface area (TPSA) is 69.7 Å². The van der Waals surface area contributed by atoms with Gasteiger partial charge in [-0.2, -0.15) is 4.31 Å². The Morgan fingerprint density at radius 3 is 2.30 bits per heavy atom. The number of amides is 1. The first kappa shape index (κ1) is 22.2. The zero-order valence-corrected chi connectivity index (χ0v) is 18.2. The van der Waals surface area contributed by atoms with Crippen LogP contribution < -0.4 is 10.2 Å². The van der Waals surface area contributed by atoms with Crippen LogP contribution in [0.25, 0.3) is 0 Å². The molecule has 1 N–H and O–H groups in total. The Morgan fingerprint density at radius 2 is 1.70 bits per heavy atom. The number of hydrogen-bond donors (Lipinski definition) is 1. The van der Waals surface area contributed by atoms with Gasteiger partial charge >= 0.3 is 0 Å². The van der Waals surface area contributed by atoms with Crippen molar-refractivity contribution in [1.82, 2.24) is 9.62 Å². The summed E-state index contributed by atoms with van der Waals surface area (Å²) in [6, 6.07) is 10.7. The van der Waals surface area contributed by atoms with Crippen molar-refractivity contribution in [2.45, 2.75) is 38.1 Å². The van der Waals surface area contributed by atoms with Crippen molar-refractivity contribution in [2.24, 2.45) is 0 Å². The molecule has 0 saturated carbocycles. The highest BCUT2D eigenvalue weighted by atomic mass is 32.2. The average molecular weight is 434 g/mol. The Balaban J connectivity index is 1.92. The van der Waals surface area contributed by atoms with Crippen molar-refractivity contribution in [3.63, 3.8) is 0 Å². The molecule has 0 spiro atoms. The SMILES string of the molecule is CCN(CC)S(=O)(=O)c1ccc(N2CCCC2)c(C(=O)NCc2ccc(F)cc2)c1. The van der Waals surface area contributed by atoms with Crippen molar-refractivity contribution in [3.05, 3.63) is 59.4 Å². The summed E-state index contributed by atoms with van der Waals surface area (Å²) in [4.78, 5) is 15.3. The minimum Gasteiger partial charge on any atom is -0.371 e. The summed E-state index contributed by atoms with van der Waals surface area (Å²) < 4.78 is 40.4. The fourth-order valence-electron chi connectivity index (χ4n) is 3.68. The van der Waals surface area contributed by atoms with E-state index in [2.05, 4.69) is 10.2 Å². The van der Waals surface area contributed by atoms with Crippen LogP contribution in [0.5, 0.6) is 0 Å². The fourth-order valence-corrected chi connectivity index (χ4v) is 5.17. The first-order valence-electron chi connectivity index (χ1n) is 10.3. The molecule has 0 unspecified atom stereocenters. The highest BCUT2D eigenvalue weighted by molar-refractivity contribution is 7.89. The number of nitrogens with one attached hydrogen (secondary N) is 1. The average Bonchev–Trinajstić information content (AvgIpc) is 3.28. The molecular weight excluding hydrogens is 405 g/mol. The lowest BCUT2D eigenvalue weighted by molar-refractivity contribution is 0.0951. The summed E-state index contributed by atoms with van der Waals surface area (Å²) in [6.07, 6.45) is 2.08. The third kappa shape index (κ3) is 4.82. The first-order chi connectivity index (χ1) is 14.4. The van der Waals surface area contributed by atoms with Gasteiger partial charge < -0.3 is 10.2 Å². The summed E-state index contributed by atoms with van der Waals surface area (Å²) in [5.74, 6) is -0.687. The van der Waals surface area contributed by atoms with Gasteiger partial charge in [-0.3, -0.25) is 4.79 Å². The van der Waals surface area contributed by atoms with E-state index in [9.17, 15) is 17.6 Å². The molecule has 1 saturated heterocycles. The van der Waals surface area contributed by atoms with Gasteiger partial charge in [0.15, 0.2) is 0 Å². The molecule has 2 aromatic rings. The van der Waals surface area contributed by atoms with E-state index in [0.717, 1.165) is 37.2 Å². The minimum absolute atomic E-state index is 0.112. The Labute approximate surface area is 177 Å². The molecule has 2 aromatic carbocycles. The van der Waals surface area contributed by atoms with Gasteiger partial charge in [0.1, 0.15) is 5.82 Å². The molecule has 1 fully saturated rings. The number of rotatable bonds is 8. The molecule has 1 aliphatic rings. The summed E-state index contributed by atoms with van der Waals surface area (Å²) in [5.41, 5.74) is 1.84. The van der Waals surface area contributed by atoms with E-state index in [4.69, 9.17) is 0 Å². The quantitative estimate of drug-likeness (QED) is 0.693. The summed E-state index contributed by atoms with van der Waals surface area (Å²) in [5, 5.41) is 2.84. The van der Waals surface area contributed by atoms with Crippen molar-refractivity contribution in [3.8, 4) is 0 Å². The molecule has 0 aliphatic carbocycles. The maximum atomic E-state index is 13.1. The number of anilines is 1. The number of carbonyl (C=O) groups excluding carboxylic acids is 1. The molecular formula is C22H28FN3O3S. The molecule has 0 aromatic heterocycles. The zero-order valence-electron chi connectivity index (χ0n) is 17.4. The Morgan fingerprint density at radius 1 is 1.07 bits per heavy atom. The predicted molar refractivity (Wildman–Crippen MR) is 116 cm³/mol. The van der Waals surface area contributed by atoms with Crippen LogP contribution in [0.15, 0.2) is 47.4 Å². The van der Waals surface area contributed by atoms with Gasteiger partial charge in [-0.1, -0.05) is 26.0 Å². The first-order valence-corrected chi connectivity index (χ1v) is 11.7. The van der Waals surface area contributed by atoms with E-state index in [1.807, 2.05) is 0 Å². The van der Waals surface area contributed by atoms with Crippen LogP contribution in [0, 0.1) is 5.82 Å². The molecule has 162 valence electrons. The van der Waals surface area contributed by atoms with Crippen LogP contribution in [0.2, 0.25) is 0 Å². The highest BCUT2D eigenvalue weighted by Gasteiger charge is 2.26. The van der Waals surface area contributed by atoms with Crippen molar-refractivity contribution in [1.29, 1.82) is 0 Å². The van der Waals surface area contributed by atoms with Crippen LogP contribution in [0.1, 0.15) is 42.6 Å². The van der Waals surface area contributed by atoms with Crippen LogP contribution in [-0.4, -0.2) is 44.8 Å². The van der Waals surface area contributed by atoms with Gasteiger partial charge in [-0.05, 0) is 48.7 Å². The molecule has 0 bridgehead atoms. The predicted octanol–water partition coefficient (Wildman–Crippen LogP) is 3.39. The van der Waals surface area contributed by atoms with E-state index in [0.29, 0.717) is 18.7 Å². The van der Waals surface area contributed by atoms with E-state index in [-0.39, 0.29) is 23.2 Å². The maximum Gasteiger partial charge on any atom is 0.253 e. The third-order valence-electron chi connectivity index (χ3n) is 5.37. The Hall–Kier alpha value is -2.45. The molecule has 6 nitrogen and oxygen atoms in total. The summed E-state index contributed by atoms with van der Waals surface area (Å²) in [7, 11) is -3.68. The molecule has 0 atom stereocenters. The van der Waals surface area contributed by atoms with E-state index in [1.54, 1.807) is 38.1 Å². The second-order valence-corrected chi connectivity index (χ2v) is 9.21. The number of carbonyl (C=O) groups is 1. The fraction of sp³-hybridized carbons (Fsp3) is 0.409. The smallest absolute Gasteiger partial charge is 0.253 e. The zero-order chi connectivity index (χ0) is 21.7. The monoisotopic (exact) mass is 433 g/mol. The van der Waals surface area contributed by atoms with Crippen LogP contribution in [-0.2, 0) is 16.6 Å².